The van der Waals surface area contributed by atoms with Crippen LogP contribution in [-0.4, -0.2) is 41.8 Å². The molecule has 0 bridgehead atoms. The Morgan fingerprint density at radius 1 is 0.938 bits per heavy atom. The van der Waals surface area contributed by atoms with Crippen LogP contribution in [0.15, 0.2) is 72.8 Å². The van der Waals surface area contributed by atoms with Gasteiger partial charge < -0.3 is 9.84 Å². The van der Waals surface area contributed by atoms with Crippen molar-refractivity contribution in [2.24, 2.45) is 0 Å². The van der Waals surface area contributed by atoms with Crippen molar-refractivity contribution in [2.45, 2.75) is 31.7 Å². The third-order valence-electron chi connectivity index (χ3n) is 6.32. The molecule has 0 saturated carbocycles. The second kappa shape index (κ2) is 9.27. The number of rotatable bonds is 7. The molecule has 1 aliphatic rings. The second-order valence-corrected chi connectivity index (χ2v) is 8.23. The van der Waals surface area contributed by atoms with Crippen LogP contribution in [0.2, 0.25) is 0 Å². The van der Waals surface area contributed by atoms with Crippen molar-refractivity contribution in [3.63, 3.8) is 0 Å². The molecule has 0 spiro atoms. The standard InChI is InChI=1S/C27H27NO4/c1-18-9-3-4-10-19(18)15-16-25(26(29)30)28(2)27(31)32-17-24-22-13-7-5-11-20(22)21-12-6-8-14-23(21)24/h3-14,24-25H,15-17H2,1-2H3,(H,29,30)/t25-/m0/s1. The molecule has 5 heteroatoms. The number of ether oxygens (including phenoxy) is 1. The van der Waals surface area contributed by atoms with Crippen LogP contribution in [0.3, 0.4) is 0 Å². The van der Waals surface area contributed by atoms with Crippen molar-refractivity contribution >= 4 is 12.1 Å². The van der Waals surface area contributed by atoms with Crippen LogP contribution in [0.25, 0.3) is 11.1 Å². The van der Waals surface area contributed by atoms with Crippen LogP contribution < -0.4 is 0 Å². The van der Waals surface area contributed by atoms with Crippen LogP contribution in [-0.2, 0) is 16.0 Å². The summed E-state index contributed by atoms with van der Waals surface area (Å²) in [6.07, 6.45) is 0.273. The molecule has 0 heterocycles. The molecule has 1 amide bonds. The van der Waals surface area contributed by atoms with E-state index in [1.807, 2.05) is 55.5 Å². The van der Waals surface area contributed by atoms with E-state index in [9.17, 15) is 14.7 Å². The number of carbonyl (C=O) groups is 2. The number of fused-ring (bicyclic) bond motifs is 3. The number of amides is 1. The lowest BCUT2D eigenvalue weighted by Crippen LogP contribution is -2.43. The van der Waals surface area contributed by atoms with Gasteiger partial charge in [0.15, 0.2) is 0 Å². The number of nitrogens with zero attached hydrogens (tertiary/aromatic N) is 1. The highest BCUT2D eigenvalue weighted by atomic mass is 16.6. The first-order valence-electron chi connectivity index (χ1n) is 10.8. The van der Waals surface area contributed by atoms with Gasteiger partial charge in [-0.1, -0.05) is 72.8 Å². The molecule has 5 nitrogen and oxygen atoms in total. The summed E-state index contributed by atoms with van der Waals surface area (Å²) < 4.78 is 5.63. The molecule has 0 saturated heterocycles. The lowest BCUT2D eigenvalue weighted by atomic mass is 9.98. The van der Waals surface area contributed by atoms with Gasteiger partial charge in [-0.15, -0.1) is 0 Å². The number of hydrogen-bond acceptors (Lipinski definition) is 3. The number of carboxylic acids is 1. The van der Waals surface area contributed by atoms with Gasteiger partial charge in [0.2, 0.25) is 0 Å². The number of carbonyl (C=O) groups excluding carboxylic acids is 1. The highest BCUT2D eigenvalue weighted by molar-refractivity contribution is 5.81. The van der Waals surface area contributed by atoms with Gasteiger partial charge in [0.25, 0.3) is 0 Å². The molecule has 1 atom stereocenters. The monoisotopic (exact) mass is 429 g/mol. The molecule has 1 aliphatic carbocycles. The average molecular weight is 430 g/mol. The Morgan fingerprint density at radius 2 is 1.50 bits per heavy atom. The van der Waals surface area contributed by atoms with E-state index < -0.39 is 18.1 Å². The Balaban J connectivity index is 1.44. The number of carboxylic acid groups (broad SMARTS) is 1. The van der Waals surface area contributed by atoms with Gasteiger partial charge in [-0.25, -0.2) is 9.59 Å². The fourth-order valence-corrected chi connectivity index (χ4v) is 4.49. The van der Waals surface area contributed by atoms with E-state index in [1.54, 1.807) is 0 Å². The summed E-state index contributed by atoms with van der Waals surface area (Å²) in [5, 5.41) is 9.73. The average Bonchev–Trinajstić information content (AvgIpc) is 3.12. The summed E-state index contributed by atoms with van der Waals surface area (Å²) in [6, 6.07) is 23.2. The van der Waals surface area contributed by atoms with Crippen LogP contribution in [0.4, 0.5) is 4.79 Å². The molecule has 0 unspecified atom stereocenters. The molecule has 164 valence electrons. The summed E-state index contributed by atoms with van der Waals surface area (Å²) in [6.45, 7) is 2.17. The first-order chi connectivity index (χ1) is 15.5. The third kappa shape index (κ3) is 4.24. The molecular formula is C27H27NO4. The number of aliphatic carboxylic acids is 1. The van der Waals surface area contributed by atoms with Crippen molar-refractivity contribution in [3.05, 3.63) is 95.1 Å². The van der Waals surface area contributed by atoms with Crippen LogP contribution in [0, 0.1) is 6.92 Å². The minimum Gasteiger partial charge on any atom is -0.480 e. The van der Waals surface area contributed by atoms with E-state index in [1.165, 1.54) is 11.9 Å². The van der Waals surface area contributed by atoms with Crippen molar-refractivity contribution in [1.29, 1.82) is 0 Å². The third-order valence-corrected chi connectivity index (χ3v) is 6.32. The van der Waals surface area contributed by atoms with Crippen molar-refractivity contribution in [3.8, 4) is 11.1 Å². The Labute approximate surface area is 188 Å². The van der Waals surface area contributed by atoms with Crippen LogP contribution >= 0.6 is 0 Å². The molecule has 0 fully saturated rings. The minimum atomic E-state index is -1.03. The van der Waals surface area contributed by atoms with Crippen LogP contribution in [0.5, 0.6) is 0 Å². The Kier molecular flexibility index (Phi) is 6.26. The first-order valence-corrected chi connectivity index (χ1v) is 10.8. The van der Waals surface area contributed by atoms with E-state index in [-0.39, 0.29) is 12.5 Å². The van der Waals surface area contributed by atoms with E-state index in [4.69, 9.17) is 4.74 Å². The van der Waals surface area contributed by atoms with E-state index in [0.717, 1.165) is 33.4 Å². The number of benzene rings is 3. The number of aryl methyl sites for hydroxylation is 2. The van der Waals surface area contributed by atoms with Crippen LogP contribution in [0.1, 0.15) is 34.6 Å². The zero-order chi connectivity index (χ0) is 22.7. The Morgan fingerprint density at radius 3 is 2.09 bits per heavy atom. The summed E-state index contributed by atoms with van der Waals surface area (Å²) >= 11 is 0. The van der Waals surface area contributed by atoms with Crippen molar-refractivity contribution in [1.82, 2.24) is 4.90 Å². The zero-order valence-electron chi connectivity index (χ0n) is 18.3. The maximum absolute atomic E-state index is 12.8. The van der Waals surface area contributed by atoms with Gasteiger partial charge in [0.05, 0.1) is 0 Å². The Bertz CT molecular complexity index is 1090. The van der Waals surface area contributed by atoms with E-state index in [0.29, 0.717) is 12.8 Å². The highest BCUT2D eigenvalue weighted by Crippen LogP contribution is 2.44. The topological polar surface area (TPSA) is 66.8 Å². The summed E-state index contributed by atoms with van der Waals surface area (Å²) in [4.78, 5) is 25.9. The number of hydrogen-bond donors (Lipinski definition) is 1. The minimum absolute atomic E-state index is 0.0602. The fourth-order valence-electron chi connectivity index (χ4n) is 4.49. The predicted molar refractivity (Wildman–Crippen MR) is 124 cm³/mol. The Hall–Kier alpha value is -3.60. The maximum atomic E-state index is 12.8. The summed E-state index contributed by atoms with van der Waals surface area (Å²) in [5.41, 5.74) is 6.75. The first kappa shape index (κ1) is 21.6. The predicted octanol–water partition coefficient (Wildman–Crippen LogP) is 5.26. The van der Waals surface area contributed by atoms with E-state index in [2.05, 4.69) is 24.3 Å². The molecular weight excluding hydrogens is 402 g/mol. The SMILES string of the molecule is Cc1ccccc1CC[C@@H](C(=O)O)N(C)C(=O)OCC1c2ccccc2-c2ccccc21. The molecule has 0 aromatic heterocycles. The molecule has 0 aliphatic heterocycles. The van der Waals surface area contributed by atoms with Gasteiger partial charge >= 0.3 is 12.1 Å². The molecule has 3 aromatic rings. The lowest BCUT2D eigenvalue weighted by Gasteiger charge is -2.25. The maximum Gasteiger partial charge on any atom is 0.410 e. The molecule has 4 rings (SSSR count). The fraction of sp³-hybridized carbons (Fsp3) is 0.259. The van der Waals surface area contributed by atoms with Crippen molar-refractivity contribution < 1.29 is 19.4 Å². The zero-order valence-corrected chi connectivity index (χ0v) is 18.3. The molecule has 3 aromatic carbocycles. The second-order valence-electron chi connectivity index (χ2n) is 8.23. The molecule has 1 N–H and O–H groups in total. The van der Waals surface area contributed by atoms with Gasteiger partial charge in [-0.2, -0.15) is 0 Å². The molecule has 0 radical (unpaired) electrons. The van der Waals surface area contributed by atoms with E-state index >= 15 is 0 Å². The van der Waals surface area contributed by atoms with Gasteiger partial charge in [0, 0.05) is 13.0 Å². The smallest absolute Gasteiger partial charge is 0.410 e. The quantitative estimate of drug-likeness (QED) is 0.556. The largest absolute Gasteiger partial charge is 0.480 e. The van der Waals surface area contributed by atoms with Gasteiger partial charge in [-0.05, 0) is 53.1 Å². The van der Waals surface area contributed by atoms with Gasteiger partial charge in [0.1, 0.15) is 12.6 Å². The summed E-state index contributed by atoms with van der Waals surface area (Å²) in [7, 11) is 1.50. The van der Waals surface area contributed by atoms with Crippen molar-refractivity contribution in [2.75, 3.05) is 13.7 Å². The normalized spacial score (nSPS) is 13.2. The highest BCUT2D eigenvalue weighted by Gasteiger charge is 2.31. The lowest BCUT2D eigenvalue weighted by molar-refractivity contribution is -0.142. The van der Waals surface area contributed by atoms with Gasteiger partial charge in [-0.3, -0.25) is 4.90 Å². The number of likely N-dealkylation sites (N-methyl/N-ethyl adjacent to an activating group) is 1. The summed E-state index contributed by atoms with van der Waals surface area (Å²) in [5.74, 6) is -1.09. The molecule has 32 heavy (non-hydrogen) atoms.